The summed E-state index contributed by atoms with van der Waals surface area (Å²) in [7, 11) is 0. The van der Waals surface area contributed by atoms with E-state index in [9.17, 15) is 4.39 Å². The van der Waals surface area contributed by atoms with Gasteiger partial charge in [0.25, 0.3) is 0 Å². The summed E-state index contributed by atoms with van der Waals surface area (Å²) in [5.74, 6) is 0. The van der Waals surface area contributed by atoms with Crippen molar-refractivity contribution in [3.05, 3.63) is 13.6 Å². The molecule has 0 aliphatic heterocycles. The molecule has 1 heteroatoms. The lowest BCUT2D eigenvalue weighted by Crippen LogP contribution is -1.70. The second-order valence-electron chi connectivity index (χ2n) is 1.50. The van der Waals surface area contributed by atoms with E-state index < -0.39 is 0 Å². The molecule has 0 rings (SSSR count). The summed E-state index contributed by atoms with van der Waals surface area (Å²) in [5.41, 5.74) is 0. The monoisotopic (exact) mass is 102 g/mol. The number of unbranched alkanes of at least 4 members (excludes halogenated alkanes) is 3. The summed E-state index contributed by atoms with van der Waals surface area (Å²) in [6.07, 6.45) is 3.50. The first-order valence-corrected chi connectivity index (χ1v) is 2.63. The average molecular weight is 102 g/mol. The zero-order valence-corrected chi connectivity index (χ0v) is 4.49. The molecule has 0 amide bonds. The van der Waals surface area contributed by atoms with Gasteiger partial charge in [0.2, 0.25) is 0 Å². The van der Waals surface area contributed by atoms with E-state index in [-0.39, 0.29) is 0 Å². The molecule has 0 heterocycles. The van der Waals surface area contributed by atoms with Crippen LogP contribution in [0, 0.1) is 13.6 Å². The molecule has 0 fully saturated rings. The van der Waals surface area contributed by atoms with E-state index in [4.69, 9.17) is 0 Å². The van der Waals surface area contributed by atoms with Crippen LogP contribution in [0.5, 0.6) is 0 Å². The Morgan fingerprint density at radius 2 is 2.14 bits per heavy atom. The molecule has 0 N–H and O–H groups in total. The average Bonchev–Trinajstić information content (AvgIpc) is 1.69. The summed E-state index contributed by atoms with van der Waals surface area (Å²) in [5, 5.41) is 0. The molecule has 0 atom stereocenters. The maximum Gasteiger partial charge on any atom is 0.131 e. The topological polar surface area (TPSA) is 0 Å². The molecule has 0 aliphatic rings. The van der Waals surface area contributed by atoms with Crippen molar-refractivity contribution in [2.24, 2.45) is 0 Å². The zero-order chi connectivity index (χ0) is 5.54. The highest BCUT2D eigenvalue weighted by Gasteiger charge is 1.83. The molecule has 0 unspecified atom stereocenters. The highest BCUT2D eigenvalue weighted by Crippen LogP contribution is 2.00. The van der Waals surface area contributed by atoms with Crippen LogP contribution in [-0.4, -0.2) is 0 Å². The van der Waals surface area contributed by atoms with Crippen LogP contribution in [0.3, 0.4) is 0 Å². The summed E-state index contributed by atoms with van der Waals surface area (Å²) in [6, 6.07) is 0. The number of halogens is 1. The Balaban J connectivity index is 2.45. The van der Waals surface area contributed by atoms with Crippen molar-refractivity contribution in [2.75, 3.05) is 0 Å². The van der Waals surface area contributed by atoms with Crippen molar-refractivity contribution in [3.8, 4) is 0 Å². The van der Waals surface area contributed by atoms with E-state index in [1.54, 1.807) is 0 Å². The van der Waals surface area contributed by atoms with Crippen LogP contribution < -0.4 is 0 Å². The third kappa shape index (κ3) is 5.93. The molecular formula is C6H11F. The van der Waals surface area contributed by atoms with Gasteiger partial charge >= 0.3 is 0 Å². The SMILES string of the molecule is [CH2]CCCC[CH]F. The lowest BCUT2D eigenvalue weighted by Gasteiger charge is -1.88. The van der Waals surface area contributed by atoms with Crippen molar-refractivity contribution in [1.82, 2.24) is 0 Å². The van der Waals surface area contributed by atoms with Gasteiger partial charge in [-0.05, 0) is 6.42 Å². The van der Waals surface area contributed by atoms with Crippen LogP contribution in [0.1, 0.15) is 25.7 Å². The minimum absolute atomic E-state index is 0.593. The fraction of sp³-hybridized carbons (Fsp3) is 0.667. The minimum Gasteiger partial charge on any atom is -0.244 e. The molecule has 0 bridgehead atoms. The van der Waals surface area contributed by atoms with Crippen LogP contribution in [0.4, 0.5) is 4.39 Å². The number of rotatable bonds is 4. The number of hydrogen-bond donors (Lipinski definition) is 0. The summed E-state index contributed by atoms with van der Waals surface area (Å²) < 4.78 is 11.2. The van der Waals surface area contributed by atoms with Gasteiger partial charge in [0.05, 0.1) is 0 Å². The first kappa shape index (κ1) is 6.93. The Morgan fingerprint density at radius 1 is 1.43 bits per heavy atom. The Labute approximate surface area is 44.7 Å². The predicted octanol–water partition coefficient (Wildman–Crippen LogP) is 2.51. The van der Waals surface area contributed by atoms with Crippen molar-refractivity contribution in [2.45, 2.75) is 25.7 Å². The van der Waals surface area contributed by atoms with E-state index >= 15 is 0 Å². The van der Waals surface area contributed by atoms with Crippen LogP contribution in [-0.2, 0) is 0 Å². The van der Waals surface area contributed by atoms with Crippen molar-refractivity contribution < 1.29 is 4.39 Å². The molecule has 7 heavy (non-hydrogen) atoms. The molecule has 0 nitrogen and oxygen atoms in total. The van der Waals surface area contributed by atoms with E-state index in [0.717, 1.165) is 19.3 Å². The third-order valence-corrected chi connectivity index (χ3v) is 0.813. The number of hydrogen-bond acceptors (Lipinski definition) is 0. The van der Waals surface area contributed by atoms with Crippen molar-refractivity contribution >= 4 is 0 Å². The first-order valence-electron chi connectivity index (χ1n) is 2.63. The third-order valence-electron chi connectivity index (χ3n) is 0.813. The Morgan fingerprint density at radius 3 is 2.57 bits per heavy atom. The van der Waals surface area contributed by atoms with Gasteiger partial charge in [0, 0.05) is 0 Å². The van der Waals surface area contributed by atoms with Crippen LogP contribution in [0.25, 0.3) is 0 Å². The maximum absolute atomic E-state index is 11.2. The Kier molecular flexibility index (Phi) is 5.87. The van der Waals surface area contributed by atoms with Gasteiger partial charge in [-0.1, -0.05) is 26.2 Å². The lowest BCUT2D eigenvalue weighted by molar-refractivity contribution is 0.552. The van der Waals surface area contributed by atoms with Crippen LogP contribution in [0.2, 0.25) is 0 Å². The standard InChI is InChI=1S/C6H11F/c1-2-3-4-5-6-7/h6H,1-5H2. The van der Waals surface area contributed by atoms with E-state index in [1.807, 2.05) is 0 Å². The molecular weight excluding hydrogens is 91.1 g/mol. The fourth-order valence-electron chi connectivity index (χ4n) is 0.398. The van der Waals surface area contributed by atoms with E-state index in [2.05, 4.69) is 6.92 Å². The molecule has 0 aromatic rings. The fourth-order valence-corrected chi connectivity index (χ4v) is 0.398. The summed E-state index contributed by atoms with van der Waals surface area (Å²) in [6.45, 7) is 4.33. The van der Waals surface area contributed by atoms with Crippen molar-refractivity contribution in [1.29, 1.82) is 0 Å². The molecule has 0 saturated heterocycles. The van der Waals surface area contributed by atoms with Crippen LogP contribution >= 0.6 is 0 Å². The van der Waals surface area contributed by atoms with Crippen molar-refractivity contribution in [3.63, 3.8) is 0 Å². The van der Waals surface area contributed by atoms with Gasteiger partial charge in [0.15, 0.2) is 0 Å². The summed E-state index contributed by atoms with van der Waals surface area (Å²) >= 11 is 0. The molecule has 0 aromatic heterocycles. The van der Waals surface area contributed by atoms with E-state index in [1.165, 1.54) is 0 Å². The molecule has 0 aromatic carbocycles. The molecule has 0 saturated carbocycles. The van der Waals surface area contributed by atoms with Crippen LogP contribution in [0.15, 0.2) is 0 Å². The van der Waals surface area contributed by atoms with Gasteiger partial charge < -0.3 is 0 Å². The zero-order valence-electron chi connectivity index (χ0n) is 4.49. The van der Waals surface area contributed by atoms with Gasteiger partial charge in [0.1, 0.15) is 6.67 Å². The Hall–Kier alpha value is -0.0700. The quantitative estimate of drug-likeness (QED) is 0.478. The second-order valence-corrected chi connectivity index (χ2v) is 1.50. The molecule has 2 radical (unpaired) electrons. The van der Waals surface area contributed by atoms with Gasteiger partial charge in [-0.25, -0.2) is 4.39 Å². The lowest BCUT2D eigenvalue weighted by atomic mass is 10.2. The molecule has 0 spiro atoms. The first-order chi connectivity index (χ1) is 3.41. The van der Waals surface area contributed by atoms with Gasteiger partial charge in [-0.3, -0.25) is 0 Å². The maximum atomic E-state index is 11.2. The largest absolute Gasteiger partial charge is 0.244 e. The molecule has 0 aliphatic carbocycles. The highest BCUT2D eigenvalue weighted by atomic mass is 19.1. The molecule has 42 valence electrons. The summed E-state index contributed by atoms with van der Waals surface area (Å²) in [4.78, 5) is 0. The van der Waals surface area contributed by atoms with Gasteiger partial charge in [-0.2, -0.15) is 0 Å². The van der Waals surface area contributed by atoms with Gasteiger partial charge in [-0.15, -0.1) is 0 Å². The smallest absolute Gasteiger partial charge is 0.131 e. The second kappa shape index (κ2) is 5.93. The Bertz CT molecular complexity index is 23.4. The predicted molar refractivity (Wildman–Crippen MR) is 29.2 cm³/mol. The van der Waals surface area contributed by atoms with E-state index in [0.29, 0.717) is 13.1 Å². The minimum atomic E-state index is 0.593. The highest BCUT2D eigenvalue weighted by molar-refractivity contribution is 4.49. The normalized spacial score (nSPS) is 9.43.